The fourth-order valence-electron chi connectivity index (χ4n) is 2.19. The molecule has 0 saturated carbocycles. The number of hydrogen-bond donors (Lipinski definition) is 1. The summed E-state index contributed by atoms with van der Waals surface area (Å²) in [5.41, 5.74) is 1.59. The van der Waals surface area contributed by atoms with Crippen LogP contribution in [-0.4, -0.2) is 25.3 Å². The van der Waals surface area contributed by atoms with Crippen LogP contribution in [0.25, 0.3) is 5.65 Å². The molecule has 7 heteroatoms. The minimum atomic E-state index is -0.241. The number of nitrogens with zero attached hydrogens (tertiary/aromatic N) is 5. The SMILES string of the molecule is CC(C)[C@H](Nc1ccc2nnnn2n1)c1ccc(F)cc1. The highest BCUT2D eigenvalue weighted by molar-refractivity contribution is 5.44. The number of benzene rings is 1. The normalized spacial score (nSPS) is 12.8. The summed E-state index contributed by atoms with van der Waals surface area (Å²) in [6, 6.07) is 10.1. The Morgan fingerprint density at radius 2 is 1.86 bits per heavy atom. The molecule has 0 fully saturated rings. The van der Waals surface area contributed by atoms with Crippen LogP contribution in [0.1, 0.15) is 25.5 Å². The molecule has 1 aromatic carbocycles. The number of rotatable bonds is 4. The first-order chi connectivity index (χ1) is 10.1. The summed E-state index contributed by atoms with van der Waals surface area (Å²) in [6.45, 7) is 4.19. The molecule has 0 aliphatic heterocycles. The smallest absolute Gasteiger partial charge is 0.200 e. The van der Waals surface area contributed by atoms with Crippen molar-refractivity contribution in [2.45, 2.75) is 19.9 Å². The van der Waals surface area contributed by atoms with E-state index in [2.05, 4.69) is 39.8 Å². The quantitative estimate of drug-likeness (QED) is 0.798. The number of anilines is 1. The highest BCUT2D eigenvalue weighted by Crippen LogP contribution is 2.25. The Hall–Kier alpha value is -2.57. The van der Waals surface area contributed by atoms with Gasteiger partial charge in [-0.05, 0) is 46.2 Å². The molecule has 0 amide bonds. The van der Waals surface area contributed by atoms with E-state index in [1.165, 1.54) is 16.8 Å². The van der Waals surface area contributed by atoms with E-state index in [1.807, 2.05) is 6.07 Å². The molecule has 1 N–H and O–H groups in total. The van der Waals surface area contributed by atoms with Crippen molar-refractivity contribution in [1.82, 2.24) is 25.3 Å². The van der Waals surface area contributed by atoms with Gasteiger partial charge in [-0.1, -0.05) is 26.0 Å². The maximum atomic E-state index is 13.1. The number of nitrogens with one attached hydrogen (secondary N) is 1. The topological polar surface area (TPSA) is 68.0 Å². The van der Waals surface area contributed by atoms with Crippen LogP contribution in [0.5, 0.6) is 0 Å². The zero-order valence-corrected chi connectivity index (χ0v) is 11.7. The van der Waals surface area contributed by atoms with Crippen LogP contribution in [0.2, 0.25) is 0 Å². The number of hydrogen-bond acceptors (Lipinski definition) is 5. The first-order valence-corrected chi connectivity index (χ1v) is 6.71. The monoisotopic (exact) mass is 286 g/mol. The Morgan fingerprint density at radius 3 is 2.57 bits per heavy atom. The summed E-state index contributed by atoms with van der Waals surface area (Å²) >= 11 is 0. The van der Waals surface area contributed by atoms with Gasteiger partial charge in [0, 0.05) is 0 Å². The van der Waals surface area contributed by atoms with Gasteiger partial charge in [0.25, 0.3) is 0 Å². The molecule has 0 bridgehead atoms. The van der Waals surface area contributed by atoms with Crippen LogP contribution in [0, 0.1) is 11.7 Å². The molecule has 3 aromatic rings. The van der Waals surface area contributed by atoms with Crippen LogP contribution in [0.4, 0.5) is 10.2 Å². The second kappa shape index (κ2) is 5.43. The molecule has 0 spiro atoms. The average Bonchev–Trinajstić information content (AvgIpc) is 2.93. The van der Waals surface area contributed by atoms with Gasteiger partial charge in [0.15, 0.2) is 5.65 Å². The van der Waals surface area contributed by atoms with Gasteiger partial charge in [0.1, 0.15) is 11.6 Å². The van der Waals surface area contributed by atoms with E-state index in [9.17, 15) is 4.39 Å². The van der Waals surface area contributed by atoms with Gasteiger partial charge in [-0.3, -0.25) is 0 Å². The molecule has 21 heavy (non-hydrogen) atoms. The minimum Gasteiger partial charge on any atom is -0.362 e. The molecular weight excluding hydrogens is 271 g/mol. The average molecular weight is 286 g/mol. The fourth-order valence-corrected chi connectivity index (χ4v) is 2.19. The predicted octanol–water partition coefficient (Wildman–Crippen LogP) is 2.47. The van der Waals surface area contributed by atoms with Crippen molar-refractivity contribution in [1.29, 1.82) is 0 Å². The van der Waals surface area contributed by atoms with E-state index in [-0.39, 0.29) is 11.9 Å². The van der Waals surface area contributed by atoms with Crippen LogP contribution < -0.4 is 5.32 Å². The number of aromatic nitrogens is 5. The molecule has 2 heterocycles. The molecule has 0 aliphatic rings. The zero-order chi connectivity index (χ0) is 14.8. The van der Waals surface area contributed by atoms with Crippen LogP contribution in [0.3, 0.4) is 0 Å². The molecule has 3 rings (SSSR count). The van der Waals surface area contributed by atoms with Gasteiger partial charge in [-0.25, -0.2) is 4.39 Å². The lowest BCUT2D eigenvalue weighted by molar-refractivity contribution is 0.540. The van der Waals surface area contributed by atoms with E-state index in [0.717, 1.165) is 5.56 Å². The van der Waals surface area contributed by atoms with E-state index >= 15 is 0 Å². The lowest BCUT2D eigenvalue weighted by Crippen LogP contribution is -2.18. The molecule has 2 aromatic heterocycles. The Labute approximate surface area is 121 Å². The maximum Gasteiger partial charge on any atom is 0.200 e. The van der Waals surface area contributed by atoms with E-state index in [1.54, 1.807) is 18.2 Å². The standard InChI is InChI=1S/C14H15FN6/c1-9(2)14(10-3-5-11(15)6-4-10)16-12-7-8-13-17-19-20-21(13)18-12/h3-9,14H,1-2H3,(H,16,18)/t14-/m0/s1. The molecule has 1 atom stereocenters. The molecule has 0 aliphatic carbocycles. The number of halogens is 1. The fraction of sp³-hybridized carbons (Fsp3) is 0.286. The van der Waals surface area contributed by atoms with E-state index < -0.39 is 0 Å². The van der Waals surface area contributed by atoms with Gasteiger partial charge in [-0.15, -0.1) is 14.8 Å². The minimum absolute atomic E-state index is 0.0204. The summed E-state index contributed by atoms with van der Waals surface area (Å²) < 4.78 is 14.4. The lowest BCUT2D eigenvalue weighted by atomic mass is 9.96. The second-order valence-corrected chi connectivity index (χ2v) is 5.16. The van der Waals surface area contributed by atoms with Crippen LogP contribution >= 0.6 is 0 Å². The third kappa shape index (κ3) is 2.81. The van der Waals surface area contributed by atoms with Crippen molar-refractivity contribution in [2.24, 2.45) is 5.92 Å². The highest BCUT2D eigenvalue weighted by Gasteiger charge is 2.16. The summed E-state index contributed by atoms with van der Waals surface area (Å²) in [4.78, 5) is 0. The largest absolute Gasteiger partial charge is 0.362 e. The molecular formula is C14H15FN6. The maximum absolute atomic E-state index is 13.1. The first-order valence-electron chi connectivity index (χ1n) is 6.71. The Balaban J connectivity index is 1.89. The number of tetrazole rings is 1. The predicted molar refractivity (Wildman–Crippen MR) is 76.2 cm³/mol. The highest BCUT2D eigenvalue weighted by atomic mass is 19.1. The molecule has 6 nitrogen and oxygen atoms in total. The third-order valence-corrected chi connectivity index (χ3v) is 3.27. The summed E-state index contributed by atoms with van der Waals surface area (Å²) in [5, 5.41) is 18.8. The van der Waals surface area contributed by atoms with Crippen LogP contribution in [0.15, 0.2) is 36.4 Å². The molecule has 0 saturated heterocycles. The van der Waals surface area contributed by atoms with Crippen LogP contribution in [-0.2, 0) is 0 Å². The van der Waals surface area contributed by atoms with Crippen molar-refractivity contribution in [3.05, 3.63) is 47.8 Å². The Kier molecular flexibility index (Phi) is 3.47. The van der Waals surface area contributed by atoms with E-state index in [4.69, 9.17) is 0 Å². The Bertz CT molecular complexity index is 737. The van der Waals surface area contributed by atoms with Gasteiger partial charge in [0.2, 0.25) is 0 Å². The molecule has 0 radical (unpaired) electrons. The zero-order valence-electron chi connectivity index (χ0n) is 11.7. The van der Waals surface area contributed by atoms with Gasteiger partial charge < -0.3 is 5.32 Å². The third-order valence-electron chi connectivity index (χ3n) is 3.27. The van der Waals surface area contributed by atoms with Crippen molar-refractivity contribution >= 4 is 11.5 Å². The summed E-state index contributed by atoms with van der Waals surface area (Å²) in [5.74, 6) is 0.731. The van der Waals surface area contributed by atoms with Gasteiger partial charge in [-0.2, -0.15) is 0 Å². The van der Waals surface area contributed by atoms with Gasteiger partial charge in [0.05, 0.1) is 6.04 Å². The van der Waals surface area contributed by atoms with Gasteiger partial charge >= 0.3 is 0 Å². The Morgan fingerprint density at radius 1 is 1.10 bits per heavy atom. The van der Waals surface area contributed by atoms with E-state index in [0.29, 0.717) is 17.4 Å². The second-order valence-electron chi connectivity index (χ2n) is 5.16. The molecule has 108 valence electrons. The number of fused-ring (bicyclic) bond motifs is 1. The van der Waals surface area contributed by atoms with Crippen molar-refractivity contribution in [2.75, 3.05) is 5.32 Å². The van der Waals surface area contributed by atoms with Crippen molar-refractivity contribution < 1.29 is 4.39 Å². The lowest BCUT2D eigenvalue weighted by Gasteiger charge is -2.23. The molecule has 0 unspecified atom stereocenters. The van der Waals surface area contributed by atoms with Crippen molar-refractivity contribution in [3.8, 4) is 0 Å². The van der Waals surface area contributed by atoms with Crippen molar-refractivity contribution in [3.63, 3.8) is 0 Å². The first kappa shape index (κ1) is 13.4. The summed E-state index contributed by atoms with van der Waals surface area (Å²) in [6.07, 6.45) is 0. The summed E-state index contributed by atoms with van der Waals surface area (Å²) in [7, 11) is 0.